The van der Waals surface area contributed by atoms with Gasteiger partial charge in [0, 0.05) is 12.8 Å². The summed E-state index contributed by atoms with van der Waals surface area (Å²) in [5, 5.41) is 0. The van der Waals surface area contributed by atoms with Crippen LogP contribution in [0, 0.1) is 0 Å². The number of phosphoric ester groups is 1. The smallest absolute Gasteiger partial charge is 0.306 e. The largest absolute Gasteiger partial charge is 0.756 e. The molecule has 0 aromatic heterocycles. The van der Waals surface area contributed by atoms with Crippen molar-refractivity contribution >= 4 is 19.8 Å². The second-order valence-electron chi connectivity index (χ2n) is 17.1. The molecule has 10 heteroatoms. The molecule has 0 N–H and O–H groups in total. The molecule has 340 valence electrons. The number of esters is 2. The third-order valence-electron chi connectivity index (χ3n) is 10.2. The van der Waals surface area contributed by atoms with E-state index in [0.717, 1.165) is 70.6 Å². The molecule has 0 saturated heterocycles. The molecule has 0 fully saturated rings. The van der Waals surface area contributed by atoms with Crippen LogP contribution >= 0.6 is 7.82 Å². The van der Waals surface area contributed by atoms with E-state index in [1.807, 2.05) is 21.1 Å². The van der Waals surface area contributed by atoms with Gasteiger partial charge in [-0.25, -0.2) is 0 Å². The third kappa shape index (κ3) is 43.8. The predicted octanol–water partition coefficient (Wildman–Crippen LogP) is 13.1. The van der Waals surface area contributed by atoms with E-state index < -0.39 is 26.5 Å². The van der Waals surface area contributed by atoms with Gasteiger partial charge in [-0.1, -0.05) is 185 Å². The first kappa shape index (κ1) is 56.2. The molecule has 0 aliphatic heterocycles. The van der Waals surface area contributed by atoms with Crippen LogP contribution in [0.25, 0.3) is 0 Å². The van der Waals surface area contributed by atoms with Gasteiger partial charge in [-0.15, -0.1) is 0 Å². The molecule has 0 spiro atoms. The highest BCUT2D eigenvalue weighted by Gasteiger charge is 2.21. The molecule has 0 bridgehead atoms. The molecule has 0 aromatic carbocycles. The van der Waals surface area contributed by atoms with Crippen molar-refractivity contribution in [1.29, 1.82) is 0 Å². The maximum atomic E-state index is 12.7. The number of nitrogens with zero attached hydrogens (tertiary/aromatic N) is 1. The summed E-state index contributed by atoms with van der Waals surface area (Å²) < 4.78 is 33.9. The summed E-state index contributed by atoms with van der Waals surface area (Å²) in [6.45, 7) is 4.12. The minimum atomic E-state index is -4.63. The lowest BCUT2D eigenvalue weighted by Gasteiger charge is -2.28. The van der Waals surface area contributed by atoms with Crippen molar-refractivity contribution < 1.29 is 42.1 Å². The lowest BCUT2D eigenvalue weighted by atomic mass is 10.0. The number of rotatable bonds is 43. The first-order chi connectivity index (χ1) is 28.0. The Labute approximate surface area is 357 Å². The van der Waals surface area contributed by atoms with Crippen molar-refractivity contribution in [2.24, 2.45) is 0 Å². The maximum Gasteiger partial charge on any atom is 0.306 e. The number of allylic oxidation sites excluding steroid dienone is 6. The van der Waals surface area contributed by atoms with Crippen LogP contribution in [0.2, 0.25) is 0 Å². The molecule has 0 heterocycles. The van der Waals surface area contributed by atoms with Gasteiger partial charge in [0.2, 0.25) is 0 Å². The molecule has 58 heavy (non-hydrogen) atoms. The van der Waals surface area contributed by atoms with E-state index in [1.54, 1.807) is 0 Å². The number of phosphoric acid groups is 1. The van der Waals surface area contributed by atoms with Gasteiger partial charge in [-0.05, 0) is 44.9 Å². The van der Waals surface area contributed by atoms with E-state index >= 15 is 0 Å². The summed E-state index contributed by atoms with van der Waals surface area (Å²) in [5.74, 6) is -0.847. The SMILES string of the molecule is CC/C=C/C/C=C/C/C=C/CCCCCCCC(=O)O[C@H](COC(=O)CCCCCCCCCCCCCCCCCCCCC)COP(=O)([O-])OCC[N+](C)(C)C. The van der Waals surface area contributed by atoms with Gasteiger partial charge in [0.25, 0.3) is 7.82 Å². The van der Waals surface area contributed by atoms with E-state index in [-0.39, 0.29) is 32.0 Å². The van der Waals surface area contributed by atoms with Gasteiger partial charge >= 0.3 is 11.9 Å². The monoisotopic (exact) mass is 840 g/mol. The Hall–Kier alpha value is -1.77. The van der Waals surface area contributed by atoms with Crippen LogP contribution in [0.15, 0.2) is 36.5 Å². The number of hydrogen-bond acceptors (Lipinski definition) is 8. The summed E-state index contributed by atoms with van der Waals surface area (Å²) in [6.07, 6.45) is 46.0. The van der Waals surface area contributed by atoms with E-state index in [1.165, 1.54) is 103 Å². The zero-order valence-corrected chi connectivity index (χ0v) is 39.1. The Bertz CT molecular complexity index is 1090. The molecule has 0 rings (SSSR count). The first-order valence-electron chi connectivity index (χ1n) is 23.7. The zero-order chi connectivity index (χ0) is 42.8. The average molecular weight is 840 g/mol. The predicted molar refractivity (Wildman–Crippen MR) is 241 cm³/mol. The molecular weight excluding hydrogens is 750 g/mol. The molecule has 0 radical (unpaired) electrons. The number of unbranched alkanes of at least 4 members (excludes halogenated alkanes) is 23. The highest BCUT2D eigenvalue weighted by atomic mass is 31.2. The lowest BCUT2D eigenvalue weighted by Crippen LogP contribution is -2.37. The van der Waals surface area contributed by atoms with Gasteiger partial charge < -0.3 is 27.9 Å². The van der Waals surface area contributed by atoms with Crippen LogP contribution in [-0.2, 0) is 32.7 Å². The van der Waals surface area contributed by atoms with Crippen LogP contribution in [0.3, 0.4) is 0 Å². The van der Waals surface area contributed by atoms with Crippen LogP contribution in [-0.4, -0.2) is 70.0 Å². The average Bonchev–Trinajstić information content (AvgIpc) is 3.17. The van der Waals surface area contributed by atoms with Crippen LogP contribution in [0.4, 0.5) is 0 Å². The summed E-state index contributed by atoms with van der Waals surface area (Å²) in [5.41, 5.74) is 0. The Morgan fingerprint density at radius 1 is 0.552 bits per heavy atom. The first-order valence-corrected chi connectivity index (χ1v) is 25.2. The minimum absolute atomic E-state index is 0.0337. The summed E-state index contributed by atoms with van der Waals surface area (Å²) in [4.78, 5) is 37.6. The zero-order valence-electron chi connectivity index (χ0n) is 38.2. The Balaban J connectivity index is 4.28. The van der Waals surface area contributed by atoms with Crippen molar-refractivity contribution in [2.75, 3.05) is 47.5 Å². The second kappa shape index (κ2) is 40.6. The Morgan fingerprint density at radius 2 is 0.983 bits per heavy atom. The fraction of sp³-hybridized carbons (Fsp3) is 0.833. The van der Waals surface area contributed by atoms with Crippen LogP contribution in [0.5, 0.6) is 0 Å². The summed E-state index contributed by atoms with van der Waals surface area (Å²) in [7, 11) is 1.16. The molecule has 0 saturated carbocycles. The number of hydrogen-bond donors (Lipinski definition) is 0. The standard InChI is InChI=1S/C48H90NO8P/c1-6-8-10-12-14-16-18-20-22-23-24-25-27-28-30-32-34-36-38-40-47(50)54-44-46(45-56-58(52,53)55-43-42-49(3,4)5)57-48(51)41-39-37-35-33-31-29-26-21-19-17-15-13-11-9-7-2/h9,11,15,17,21,26,46H,6-8,10,12-14,16,18-20,22-25,27-45H2,1-5H3/b11-9+,17-15+,26-21+/t46-/m1/s1. The molecule has 9 nitrogen and oxygen atoms in total. The Kier molecular flexibility index (Phi) is 39.4. The van der Waals surface area contributed by atoms with E-state index in [0.29, 0.717) is 17.4 Å². The van der Waals surface area contributed by atoms with Gasteiger partial charge in [0.15, 0.2) is 6.10 Å². The topological polar surface area (TPSA) is 111 Å². The molecule has 0 aromatic rings. The van der Waals surface area contributed by atoms with Gasteiger partial charge in [0.1, 0.15) is 19.8 Å². The van der Waals surface area contributed by atoms with Gasteiger partial charge in [-0.2, -0.15) is 0 Å². The van der Waals surface area contributed by atoms with Crippen molar-refractivity contribution in [2.45, 2.75) is 213 Å². The van der Waals surface area contributed by atoms with Crippen molar-refractivity contribution in [1.82, 2.24) is 0 Å². The van der Waals surface area contributed by atoms with Crippen molar-refractivity contribution in [3.8, 4) is 0 Å². The van der Waals surface area contributed by atoms with E-state index in [9.17, 15) is 19.0 Å². The minimum Gasteiger partial charge on any atom is -0.756 e. The highest BCUT2D eigenvalue weighted by Crippen LogP contribution is 2.38. The number of carbonyl (C=O) groups excluding carboxylic acids is 2. The molecule has 2 atom stereocenters. The van der Waals surface area contributed by atoms with E-state index in [2.05, 4.69) is 50.3 Å². The molecular formula is C48H90NO8P. The maximum absolute atomic E-state index is 12.7. The normalized spacial score (nSPS) is 13.8. The third-order valence-corrected chi connectivity index (χ3v) is 11.1. The molecule has 1 unspecified atom stereocenters. The fourth-order valence-corrected chi connectivity index (χ4v) is 7.22. The van der Waals surface area contributed by atoms with Gasteiger partial charge in [-0.3, -0.25) is 14.2 Å². The van der Waals surface area contributed by atoms with E-state index in [4.69, 9.17) is 18.5 Å². The molecule has 0 aliphatic rings. The number of quaternary nitrogens is 1. The van der Waals surface area contributed by atoms with Crippen molar-refractivity contribution in [3.05, 3.63) is 36.5 Å². The fourth-order valence-electron chi connectivity index (χ4n) is 6.49. The lowest BCUT2D eigenvalue weighted by molar-refractivity contribution is -0.870. The molecule has 0 aliphatic carbocycles. The van der Waals surface area contributed by atoms with Crippen LogP contribution < -0.4 is 4.89 Å². The summed E-state index contributed by atoms with van der Waals surface area (Å²) >= 11 is 0. The molecule has 0 amide bonds. The summed E-state index contributed by atoms with van der Waals surface area (Å²) in [6, 6.07) is 0. The number of carbonyl (C=O) groups is 2. The van der Waals surface area contributed by atoms with Crippen molar-refractivity contribution in [3.63, 3.8) is 0 Å². The quantitative estimate of drug-likeness (QED) is 0.0196. The number of ether oxygens (including phenoxy) is 2. The highest BCUT2D eigenvalue weighted by molar-refractivity contribution is 7.45. The Morgan fingerprint density at radius 3 is 1.47 bits per heavy atom. The number of likely N-dealkylation sites (N-methyl/N-ethyl adjacent to an activating group) is 1. The van der Waals surface area contributed by atoms with Crippen LogP contribution in [0.1, 0.15) is 206 Å². The second-order valence-corrected chi connectivity index (χ2v) is 18.5. The van der Waals surface area contributed by atoms with Gasteiger partial charge in [0.05, 0.1) is 27.7 Å².